The van der Waals surface area contributed by atoms with Gasteiger partial charge in [0.25, 0.3) is 0 Å². The topological polar surface area (TPSA) is 186 Å². The van der Waals surface area contributed by atoms with Gasteiger partial charge >= 0.3 is 0 Å². The monoisotopic (exact) mass is 640 g/mol. The highest BCUT2D eigenvalue weighted by Crippen LogP contribution is 2.36. The van der Waals surface area contributed by atoms with Crippen molar-refractivity contribution in [1.29, 1.82) is 0 Å². The number of primary amides is 2. The summed E-state index contributed by atoms with van der Waals surface area (Å²) in [6.07, 6.45) is 7.06. The maximum atomic E-state index is 11.1. The minimum Gasteiger partial charge on any atom is -0.369 e. The number of fused-ring (bicyclic) bond motifs is 2. The van der Waals surface area contributed by atoms with E-state index in [0.29, 0.717) is 24.7 Å². The van der Waals surface area contributed by atoms with Crippen molar-refractivity contribution >= 4 is 56.6 Å². The van der Waals surface area contributed by atoms with Crippen molar-refractivity contribution in [3.8, 4) is 11.1 Å². The molecule has 0 spiro atoms. The van der Waals surface area contributed by atoms with E-state index in [4.69, 9.17) is 11.5 Å². The Morgan fingerprint density at radius 1 is 0.625 bits per heavy atom. The molecule has 8 N–H and O–H groups in total. The van der Waals surface area contributed by atoms with Crippen LogP contribution in [0.5, 0.6) is 0 Å². The molecule has 4 aromatic heterocycles. The molecule has 48 heavy (non-hydrogen) atoms. The van der Waals surface area contributed by atoms with Crippen molar-refractivity contribution in [2.24, 2.45) is 11.5 Å². The fourth-order valence-corrected chi connectivity index (χ4v) is 5.63. The molecule has 0 atom stereocenters. The van der Waals surface area contributed by atoms with Gasteiger partial charge in [0.1, 0.15) is 11.0 Å². The zero-order valence-electron chi connectivity index (χ0n) is 26.7. The van der Waals surface area contributed by atoms with Gasteiger partial charge in [-0.25, -0.2) is 9.97 Å². The molecule has 6 rings (SSSR count). The largest absolute Gasteiger partial charge is 0.369 e. The molecule has 12 heteroatoms. The minimum atomic E-state index is -0.405. The fraction of sp³-hybridized carbons (Fsp3) is 0.167. The quantitative estimate of drug-likeness (QED) is 0.105. The van der Waals surface area contributed by atoms with Gasteiger partial charge in [0.2, 0.25) is 11.8 Å². The van der Waals surface area contributed by atoms with E-state index in [1.54, 1.807) is 24.8 Å². The molecule has 0 fully saturated rings. The van der Waals surface area contributed by atoms with E-state index in [0.717, 1.165) is 66.6 Å². The van der Waals surface area contributed by atoms with E-state index in [1.807, 2.05) is 48.5 Å². The van der Waals surface area contributed by atoms with Crippen molar-refractivity contribution in [2.45, 2.75) is 26.9 Å². The zero-order chi connectivity index (χ0) is 33.6. The van der Waals surface area contributed by atoms with Gasteiger partial charge in [-0.15, -0.1) is 0 Å². The molecule has 12 nitrogen and oxygen atoms in total. The van der Waals surface area contributed by atoms with Crippen molar-refractivity contribution < 1.29 is 9.59 Å². The molecule has 0 bridgehead atoms. The summed E-state index contributed by atoms with van der Waals surface area (Å²) in [5, 5.41) is 14.9. The van der Waals surface area contributed by atoms with Gasteiger partial charge in [-0.05, 0) is 83.6 Å². The predicted octanol–water partition coefficient (Wildman–Crippen LogP) is 4.49. The van der Waals surface area contributed by atoms with Crippen molar-refractivity contribution in [3.05, 3.63) is 108 Å². The van der Waals surface area contributed by atoms with Crippen LogP contribution < -0.4 is 32.7 Å². The van der Waals surface area contributed by atoms with E-state index in [1.165, 1.54) is 0 Å². The van der Waals surface area contributed by atoms with Gasteiger partial charge in [0.15, 0.2) is 11.6 Å². The summed E-state index contributed by atoms with van der Waals surface area (Å²) in [5.41, 5.74) is 20.0. The molecule has 0 aliphatic carbocycles. The lowest BCUT2D eigenvalue weighted by atomic mass is 9.94. The number of hydrogen-bond donors (Lipinski definition) is 6. The molecule has 0 unspecified atom stereocenters. The third-order valence-corrected chi connectivity index (χ3v) is 8.03. The minimum absolute atomic E-state index is 0.104. The second-order valence-electron chi connectivity index (χ2n) is 11.5. The average molecular weight is 641 g/mol. The van der Waals surface area contributed by atoms with Gasteiger partial charge in [-0.3, -0.25) is 19.6 Å². The lowest BCUT2D eigenvalue weighted by Crippen LogP contribution is -2.28. The van der Waals surface area contributed by atoms with Crippen LogP contribution in [0.4, 0.5) is 23.0 Å². The van der Waals surface area contributed by atoms with E-state index in [-0.39, 0.29) is 13.1 Å². The van der Waals surface area contributed by atoms with Gasteiger partial charge in [-0.1, -0.05) is 24.3 Å². The molecule has 0 aliphatic heterocycles. The van der Waals surface area contributed by atoms with Gasteiger partial charge in [-0.2, -0.15) is 0 Å². The first-order valence-electron chi connectivity index (χ1n) is 15.5. The normalized spacial score (nSPS) is 11.1. The van der Waals surface area contributed by atoms with Gasteiger partial charge in [0.05, 0.1) is 13.1 Å². The Bertz CT molecular complexity index is 2000. The van der Waals surface area contributed by atoms with Crippen LogP contribution in [0.25, 0.3) is 32.9 Å². The predicted molar refractivity (Wildman–Crippen MR) is 189 cm³/mol. The molecule has 6 aromatic rings. The number of nitrogens with one attached hydrogen (secondary N) is 4. The lowest BCUT2D eigenvalue weighted by molar-refractivity contribution is -0.118. The van der Waals surface area contributed by atoms with Gasteiger partial charge in [0, 0.05) is 60.0 Å². The molecule has 242 valence electrons. The number of carbonyl (C=O) groups is 2. The van der Waals surface area contributed by atoms with E-state index in [9.17, 15) is 9.59 Å². The maximum Gasteiger partial charge on any atom is 0.231 e. The highest BCUT2D eigenvalue weighted by Gasteiger charge is 2.14. The Kier molecular flexibility index (Phi) is 9.46. The third kappa shape index (κ3) is 7.20. The summed E-state index contributed by atoms with van der Waals surface area (Å²) in [7, 11) is 0. The number of nitrogens with two attached hydrogens (primary N) is 2. The van der Waals surface area contributed by atoms with Crippen LogP contribution in [0.2, 0.25) is 0 Å². The first-order valence-corrected chi connectivity index (χ1v) is 15.5. The maximum absolute atomic E-state index is 11.1. The van der Waals surface area contributed by atoms with Crippen LogP contribution in [0.15, 0.2) is 85.5 Å². The van der Waals surface area contributed by atoms with Crippen LogP contribution in [0.3, 0.4) is 0 Å². The van der Waals surface area contributed by atoms with Crippen LogP contribution in [-0.4, -0.2) is 44.8 Å². The van der Waals surface area contributed by atoms with E-state index >= 15 is 0 Å². The van der Waals surface area contributed by atoms with E-state index in [2.05, 4.69) is 67.2 Å². The number of anilines is 4. The molecule has 0 saturated heterocycles. The van der Waals surface area contributed by atoms with Crippen LogP contribution in [0, 0.1) is 13.8 Å². The number of carbonyl (C=O) groups excluding carboxylic acids is 2. The van der Waals surface area contributed by atoms with Crippen LogP contribution in [-0.2, 0) is 22.7 Å². The molecule has 0 saturated carbocycles. The number of amides is 2. The summed E-state index contributed by atoms with van der Waals surface area (Å²) >= 11 is 0. The van der Waals surface area contributed by atoms with Crippen molar-refractivity contribution in [1.82, 2.24) is 30.6 Å². The Morgan fingerprint density at radius 2 is 1.06 bits per heavy atom. The Morgan fingerprint density at radius 3 is 1.48 bits per heavy atom. The molecule has 4 heterocycles. The second kappa shape index (κ2) is 14.2. The van der Waals surface area contributed by atoms with Crippen LogP contribution >= 0.6 is 0 Å². The number of benzene rings is 2. The Balaban J connectivity index is 1.24. The first kappa shape index (κ1) is 32.0. The molecular weight excluding hydrogens is 604 g/mol. The van der Waals surface area contributed by atoms with Gasteiger partial charge < -0.3 is 32.7 Å². The Hall–Kier alpha value is -5.98. The number of pyridine rings is 4. The summed E-state index contributed by atoms with van der Waals surface area (Å²) < 4.78 is 0. The molecule has 0 aliphatic rings. The summed E-state index contributed by atoms with van der Waals surface area (Å²) in [6.45, 7) is 5.35. The second-order valence-corrected chi connectivity index (χ2v) is 11.5. The number of aromatic nitrogens is 4. The summed E-state index contributed by atoms with van der Waals surface area (Å²) in [4.78, 5) is 40.7. The van der Waals surface area contributed by atoms with Crippen LogP contribution in [0.1, 0.15) is 22.3 Å². The SMILES string of the molecule is Cc1c(Nc2nccc3cc(CNCC(N)=O)cnc23)cccc1-c1cccc(Nc2nccc3cc(CNCC(N)=O)cnc23)c1C. The summed E-state index contributed by atoms with van der Waals surface area (Å²) in [6, 6.07) is 20.2. The smallest absolute Gasteiger partial charge is 0.231 e. The molecule has 0 radical (unpaired) electrons. The number of hydrogen-bond acceptors (Lipinski definition) is 10. The van der Waals surface area contributed by atoms with Crippen molar-refractivity contribution in [3.63, 3.8) is 0 Å². The number of rotatable bonds is 13. The molecular formula is C36H36N10O2. The van der Waals surface area contributed by atoms with Crippen molar-refractivity contribution in [2.75, 3.05) is 23.7 Å². The zero-order valence-corrected chi connectivity index (χ0v) is 26.7. The fourth-order valence-electron chi connectivity index (χ4n) is 5.63. The highest BCUT2D eigenvalue weighted by atomic mass is 16.1. The molecule has 2 aromatic carbocycles. The number of nitrogens with zero attached hydrogens (tertiary/aromatic N) is 4. The molecule has 2 amide bonds. The average Bonchev–Trinajstić information content (AvgIpc) is 3.06. The lowest BCUT2D eigenvalue weighted by Gasteiger charge is -2.18. The third-order valence-electron chi connectivity index (χ3n) is 8.03. The highest BCUT2D eigenvalue weighted by molar-refractivity contribution is 5.93. The summed E-state index contributed by atoms with van der Waals surface area (Å²) in [5.74, 6) is 0.492. The standard InChI is InChI=1S/C36H36N10O2/c1-21-27(5-3-7-29(21)45-35-33-25(9-11-41-35)13-23(17-43-33)15-39-19-31(37)47)28-6-4-8-30(22(28)2)46-36-34-26(10-12-42-36)14-24(18-44-34)16-40-20-32(38)48/h3-14,17-18,39-40H,15-16,19-20H2,1-2H3,(H2,37,47)(H2,38,48)(H,41,45)(H,42,46). The Labute approximate surface area is 277 Å². The first-order chi connectivity index (χ1) is 23.3. The van der Waals surface area contributed by atoms with E-state index < -0.39 is 11.8 Å².